The number of phenols is 1. The van der Waals surface area contributed by atoms with Crippen molar-refractivity contribution in [3.8, 4) is 11.4 Å². The van der Waals surface area contributed by atoms with Crippen LogP contribution in [0.4, 0.5) is 14.5 Å². The first kappa shape index (κ1) is 22.4. The van der Waals surface area contributed by atoms with E-state index in [1.54, 1.807) is 29.1 Å². The fourth-order valence-electron chi connectivity index (χ4n) is 4.44. The van der Waals surface area contributed by atoms with Crippen LogP contribution in [0.2, 0.25) is 0 Å². The lowest BCUT2D eigenvalue weighted by Gasteiger charge is -2.31. The summed E-state index contributed by atoms with van der Waals surface area (Å²) in [5.74, 6) is -0.201. The van der Waals surface area contributed by atoms with Crippen molar-refractivity contribution in [2.75, 3.05) is 12.5 Å². The average Bonchev–Trinajstić information content (AvgIpc) is 3.27. The molecule has 1 unspecified atom stereocenters. The average molecular weight is 450 g/mol. The van der Waals surface area contributed by atoms with E-state index in [0.29, 0.717) is 19.3 Å². The largest absolute Gasteiger partial charge is 0.508 e. The summed E-state index contributed by atoms with van der Waals surface area (Å²) in [5.41, 5.74) is 3.88. The van der Waals surface area contributed by atoms with Crippen LogP contribution >= 0.6 is 0 Å². The number of halogens is 2. The topological polar surface area (TPSA) is 80.0 Å². The third-order valence-electron chi connectivity index (χ3n) is 5.97. The Bertz CT molecular complexity index is 1290. The van der Waals surface area contributed by atoms with E-state index >= 15 is 0 Å². The molecule has 2 aromatic heterocycles. The number of rotatable bonds is 4. The molecule has 0 aliphatic heterocycles. The number of carbonyl (C=O) groups is 1. The third-order valence-corrected chi connectivity index (χ3v) is 5.97. The number of nitrogens with one attached hydrogen (secondary N) is 1. The smallest absolute Gasteiger partial charge is 0.212 e. The molecule has 2 atom stereocenters. The van der Waals surface area contributed by atoms with Crippen LogP contribution in [0.1, 0.15) is 42.9 Å². The van der Waals surface area contributed by atoms with Crippen molar-refractivity contribution >= 4 is 22.4 Å². The number of Topliss-reactive ketones (excluding diaryl/α,β-unsaturated/α-hetero) is 1. The van der Waals surface area contributed by atoms with Gasteiger partial charge in [0, 0.05) is 23.1 Å². The molecule has 0 saturated carbocycles. The normalized spacial score (nSPS) is 17.3. The Kier molecular flexibility index (Phi) is 6.35. The van der Waals surface area contributed by atoms with E-state index < -0.39 is 12.0 Å². The Morgan fingerprint density at radius 1 is 1.12 bits per heavy atom. The zero-order valence-electron chi connectivity index (χ0n) is 18.3. The molecule has 170 valence electrons. The first-order chi connectivity index (χ1) is 16.1. The minimum Gasteiger partial charge on any atom is -0.508 e. The highest BCUT2D eigenvalue weighted by molar-refractivity contribution is 5.97. The standard InChI is InChI=1S/C24H21FN4O2.CH3F/c1-2-14-11-21(31)24(16-5-3-8-20(30)23(14)16)28-18-6-4-7-19-17(18)13-27-29(19)15-9-10-22(25)26-12-15;1-2/h3-10,12-14,24,28,30H,2,11H2,1H3;1H3/t14-,24?;/m1./s1. The van der Waals surface area contributed by atoms with E-state index in [1.165, 1.54) is 12.3 Å². The molecule has 1 aliphatic rings. The Morgan fingerprint density at radius 3 is 2.64 bits per heavy atom. The molecule has 2 N–H and O–H groups in total. The van der Waals surface area contributed by atoms with Gasteiger partial charge in [0.05, 0.1) is 30.8 Å². The summed E-state index contributed by atoms with van der Waals surface area (Å²) in [7, 11) is 0.500. The van der Waals surface area contributed by atoms with Gasteiger partial charge in [0.25, 0.3) is 0 Å². The molecule has 8 heteroatoms. The summed E-state index contributed by atoms with van der Waals surface area (Å²) in [6.45, 7) is 2.03. The van der Waals surface area contributed by atoms with Gasteiger partial charge in [-0.1, -0.05) is 25.1 Å². The number of ketones is 1. The highest BCUT2D eigenvalue weighted by Gasteiger charge is 2.34. The van der Waals surface area contributed by atoms with Gasteiger partial charge in [0.2, 0.25) is 5.95 Å². The van der Waals surface area contributed by atoms with E-state index in [1.807, 2.05) is 31.2 Å². The van der Waals surface area contributed by atoms with Gasteiger partial charge in [0.1, 0.15) is 11.8 Å². The molecule has 0 amide bonds. The highest BCUT2D eigenvalue weighted by Crippen LogP contribution is 2.43. The van der Waals surface area contributed by atoms with Gasteiger partial charge in [-0.15, -0.1) is 0 Å². The summed E-state index contributed by atoms with van der Waals surface area (Å²) < 4.78 is 24.4. The number of fused-ring (bicyclic) bond motifs is 2. The molecule has 0 saturated heterocycles. The second-order valence-corrected chi connectivity index (χ2v) is 7.77. The van der Waals surface area contributed by atoms with Crippen LogP contribution in [0, 0.1) is 5.95 Å². The lowest BCUT2D eigenvalue weighted by Crippen LogP contribution is -2.29. The molecule has 0 bridgehead atoms. The van der Waals surface area contributed by atoms with E-state index in [9.17, 15) is 18.7 Å². The number of anilines is 1. The summed E-state index contributed by atoms with van der Waals surface area (Å²) in [5, 5.41) is 19.1. The van der Waals surface area contributed by atoms with Gasteiger partial charge >= 0.3 is 0 Å². The number of hydrogen-bond acceptors (Lipinski definition) is 5. The minimum atomic E-state index is -0.550. The van der Waals surface area contributed by atoms with Gasteiger partial charge in [-0.3, -0.25) is 9.18 Å². The SMILES string of the molecule is CC[C@@H]1CC(=O)C(Nc2cccc3c2cnn3-c2ccc(F)nc2)c2cccc(O)c21.CF. The highest BCUT2D eigenvalue weighted by atomic mass is 19.1. The molecule has 2 heterocycles. The van der Waals surface area contributed by atoms with Crippen molar-refractivity contribution in [1.29, 1.82) is 0 Å². The minimum absolute atomic E-state index is 0.0197. The number of hydrogen-bond donors (Lipinski definition) is 2. The van der Waals surface area contributed by atoms with Crippen molar-refractivity contribution < 1.29 is 18.7 Å². The van der Waals surface area contributed by atoms with E-state index in [4.69, 9.17) is 0 Å². The Balaban J connectivity index is 0.00000126. The van der Waals surface area contributed by atoms with Crippen LogP contribution in [-0.2, 0) is 4.79 Å². The molecule has 5 rings (SSSR count). The molecular weight excluding hydrogens is 426 g/mol. The van der Waals surface area contributed by atoms with Gasteiger partial charge in [-0.2, -0.15) is 9.49 Å². The van der Waals surface area contributed by atoms with Crippen LogP contribution in [0.5, 0.6) is 5.75 Å². The first-order valence-corrected chi connectivity index (χ1v) is 10.6. The van der Waals surface area contributed by atoms with Crippen LogP contribution in [0.3, 0.4) is 0 Å². The van der Waals surface area contributed by atoms with Crippen LogP contribution < -0.4 is 5.32 Å². The monoisotopic (exact) mass is 450 g/mol. The second-order valence-electron chi connectivity index (χ2n) is 7.77. The molecule has 0 spiro atoms. The zero-order valence-corrected chi connectivity index (χ0v) is 18.3. The predicted octanol–water partition coefficient (Wildman–Crippen LogP) is 5.47. The van der Waals surface area contributed by atoms with E-state index in [0.717, 1.165) is 34.1 Å². The van der Waals surface area contributed by atoms with Crippen LogP contribution in [0.25, 0.3) is 16.6 Å². The Labute approximate surface area is 189 Å². The molecule has 6 nitrogen and oxygen atoms in total. The van der Waals surface area contributed by atoms with Crippen LogP contribution in [0.15, 0.2) is 60.9 Å². The van der Waals surface area contributed by atoms with Crippen molar-refractivity contribution in [3.05, 3.63) is 78.0 Å². The van der Waals surface area contributed by atoms with Crippen LogP contribution in [-0.4, -0.2) is 32.8 Å². The fraction of sp³-hybridized carbons (Fsp3) is 0.240. The number of alkyl halides is 1. The predicted molar refractivity (Wildman–Crippen MR) is 123 cm³/mol. The Hall–Kier alpha value is -3.81. The van der Waals surface area contributed by atoms with Gasteiger partial charge < -0.3 is 10.4 Å². The fourth-order valence-corrected chi connectivity index (χ4v) is 4.44. The molecule has 4 aromatic rings. The second kappa shape index (κ2) is 9.36. The lowest BCUT2D eigenvalue weighted by atomic mass is 9.77. The number of pyridine rings is 1. The molecule has 1 aliphatic carbocycles. The van der Waals surface area contributed by atoms with E-state index in [-0.39, 0.29) is 17.5 Å². The van der Waals surface area contributed by atoms with Crippen molar-refractivity contribution in [2.45, 2.75) is 31.7 Å². The third kappa shape index (κ3) is 4.04. The van der Waals surface area contributed by atoms with Gasteiger partial charge in [-0.25, -0.2) is 9.67 Å². The molecule has 0 fully saturated rings. The van der Waals surface area contributed by atoms with Gasteiger partial charge in [0.15, 0.2) is 5.78 Å². The number of aromatic nitrogens is 3. The number of carbonyl (C=O) groups excluding carboxylic acids is 1. The summed E-state index contributed by atoms with van der Waals surface area (Å²) in [6, 6.07) is 13.4. The van der Waals surface area contributed by atoms with Gasteiger partial charge in [-0.05, 0) is 48.2 Å². The lowest BCUT2D eigenvalue weighted by molar-refractivity contribution is -0.120. The molecule has 2 aromatic carbocycles. The summed E-state index contributed by atoms with van der Waals surface area (Å²) >= 11 is 0. The van der Waals surface area contributed by atoms with Crippen molar-refractivity contribution in [1.82, 2.24) is 14.8 Å². The Morgan fingerprint density at radius 2 is 1.91 bits per heavy atom. The molecule has 0 radical (unpaired) electrons. The number of aromatic hydroxyl groups is 1. The number of phenolic OH excluding ortho intramolecular Hbond substituents is 1. The van der Waals surface area contributed by atoms with Crippen molar-refractivity contribution in [2.24, 2.45) is 0 Å². The number of benzene rings is 2. The van der Waals surface area contributed by atoms with E-state index in [2.05, 4.69) is 15.4 Å². The maximum absolute atomic E-state index is 13.2. The first-order valence-electron chi connectivity index (χ1n) is 10.6. The zero-order chi connectivity index (χ0) is 23.5. The van der Waals surface area contributed by atoms with Crippen molar-refractivity contribution in [3.63, 3.8) is 0 Å². The quantitative estimate of drug-likeness (QED) is 0.403. The maximum atomic E-state index is 13.2. The maximum Gasteiger partial charge on any atom is 0.212 e. The summed E-state index contributed by atoms with van der Waals surface area (Å²) in [6.07, 6.45) is 4.31. The molecular formula is C25H24F2N4O2. The number of nitrogens with zero attached hydrogens (tertiary/aromatic N) is 3. The molecule has 33 heavy (non-hydrogen) atoms. The summed E-state index contributed by atoms with van der Waals surface area (Å²) in [4.78, 5) is 16.7.